The lowest BCUT2D eigenvalue weighted by molar-refractivity contribution is 0.129. The average Bonchev–Trinajstić information content (AvgIpc) is 2.55. The van der Waals surface area contributed by atoms with Crippen molar-refractivity contribution in [2.75, 3.05) is 5.32 Å². The van der Waals surface area contributed by atoms with Gasteiger partial charge in [-0.1, -0.05) is 36.4 Å². The highest BCUT2D eigenvalue weighted by Gasteiger charge is 2.30. The van der Waals surface area contributed by atoms with Crippen LogP contribution in [0.5, 0.6) is 0 Å². The SMILES string of the molecule is Cc1ccc(NC2CC(NC(=O)OCc3ccccc3)C2)cc1C. The van der Waals surface area contributed by atoms with Gasteiger partial charge in [0.25, 0.3) is 0 Å². The molecule has 24 heavy (non-hydrogen) atoms. The Balaban J connectivity index is 1.37. The van der Waals surface area contributed by atoms with Crippen LogP contribution in [0.25, 0.3) is 0 Å². The third-order valence-corrected chi connectivity index (χ3v) is 4.55. The lowest BCUT2D eigenvalue weighted by atomic mass is 9.86. The van der Waals surface area contributed by atoms with Gasteiger partial charge in [0, 0.05) is 17.8 Å². The van der Waals surface area contributed by atoms with E-state index in [4.69, 9.17) is 4.74 Å². The number of benzene rings is 2. The number of anilines is 1. The van der Waals surface area contributed by atoms with E-state index >= 15 is 0 Å². The number of carbonyl (C=O) groups excluding carboxylic acids is 1. The molecule has 0 aliphatic heterocycles. The summed E-state index contributed by atoms with van der Waals surface area (Å²) >= 11 is 0. The molecule has 1 aliphatic carbocycles. The van der Waals surface area contributed by atoms with Crippen LogP contribution in [0.15, 0.2) is 48.5 Å². The molecule has 0 aromatic heterocycles. The van der Waals surface area contributed by atoms with Crippen molar-refractivity contribution in [2.24, 2.45) is 0 Å². The van der Waals surface area contributed by atoms with Crippen LogP contribution in [-0.4, -0.2) is 18.2 Å². The van der Waals surface area contributed by atoms with Crippen molar-refractivity contribution >= 4 is 11.8 Å². The second-order valence-electron chi connectivity index (χ2n) is 6.51. The van der Waals surface area contributed by atoms with Crippen LogP contribution in [0.2, 0.25) is 0 Å². The minimum atomic E-state index is -0.339. The topological polar surface area (TPSA) is 50.4 Å². The zero-order valence-corrected chi connectivity index (χ0v) is 14.2. The fraction of sp³-hybridized carbons (Fsp3) is 0.350. The van der Waals surface area contributed by atoms with E-state index in [2.05, 4.69) is 42.7 Å². The molecule has 0 bridgehead atoms. The van der Waals surface area contributed by atoms with Crippen LogP contribution in [-0.2, 0) is 11.3 Å². The largest absolute Gasteiger partial charge is 0.445 e. The molecule has 1 amide bonds. The molecule has 0 spiro atoms. The fourth-order valence-corrected chi connectivity index (χ4v) is 2.85. The van der Waals surface area contributed by atoms with Crippen molar-refractivity contribution in [1.29, 1.82) is 0 Å². The van der Waals surface area contributed by atoms with Gasteiger partial charge in [0.2, 0.25) is 0 Å². The van der Waals surface area contributed by atoms with Crippen molar-refractivity contribution in [3.05, 3.63) is 65.2 Å². The van der Waals surface area contributed by atoms with Gasteiger partial charge in [-0.3, -0.25) is 0 Å². The first-order valence-electron chi connectivity index (χ1n) is 8.41. The number of ether oxygens (including phenoxy) is 1. The van der Waals surface area contributed by atoms with E-state index in [0.29, 0.717) is 12.6 Å². The van der Waals surface area contributed by atoms with Crippen LogP contribution in [0.1, 0.15) is 29.5 Å². The fourth-order valence-electron chi connectivity index (χ4n) is 2.85. The first-order chi connectivity index (χ1) is 11.6. The summed E-state index contributed by atoms with van der Waals surface area (Å²) in [6.45, 7) is 4.54. The van der Waals surface area contributed by atoms with Crippen molar-refractivity contribution in [1.82, 2.24) is 5.32 Å². The molecule has 1 fully saturated rings. The second-order valence-corrected chi connectivity index (χ2v) is 6.51. The number of aryl methyl sites for hydroxylation is 2. The summed E-state index contributed by atoms with van der Waals surface area (Å²) < 4.78 is 5.25. The number of nitrogens with one attached hydrogen (secondary N) is 2. The van der Waals surface area contributed by atoms with Crippen molar-refractivity contribution < 1.29 is 9.53 Å². The first-order valence-corrected chi connectivity index (χ1v) is 8.41. The summed E-state index contributed by atoms with van der Waals surface area (Å²) in [6, 6.07) is 16.7. The van der Waals surface area contributed by atoms with Crippen LogP contribution >= 0.6 is 0 Å². The summed E-state index contributed by atoms with van der Waals surface area (Å²) in [5.41, 5.74) is 4.73. The Morgan fingerprint density at radius 1 is 1.04 bits per heavy atom. The molecule has 126 valence electrons. The zero-order chi connectivity index (χ0) is 16.9. The Bertz CT molecular complexity index is 694. The van der Waals surface area contributed by atoms with Crippen LogP contribution in [0.4, 0.5) is 10.5 Å². The lowest BCUT2D eigenvalue weighted by Gasteiger charge is -2.36. The van der Waals surface area contributed by atoms with Crippen LogP contribution in [0.3, 0.4) is 0 Å². The van der Waals surface area contributed by atoms with Gasteiger partial charge in [0.1, 0.15) is 6.61 Å². The number of rotatable bonds is 5. The highest BCUT2D eigenvalue weighted by atomic mass is 16.5. The number of carbonyl (C=O) groups is 1. The van der Waals surface area contributed by atoms with Crippen molar-refractivity contribution in [3.63, 3.8) is 0 Å². The van der Waals surface area contributed by atoms with Crippen LogP contribution < -0.4 is 10.6 Å². The molecule has 2 aromatic rings. The maximum atomic E-state index is 11.8. The van der Waals surface area contributed by atoms with E-state index in [9.17, 15) is 4.79 Å². The van der Waals surface area contributed by atoms with E-state index in [1.165, 1.54) is 11.1 Å². The van der Waals surface area contributed by atoms with Gasteiger partial charge in [-0.05, 0) is 55.5 Å². The van der Waals surface area contributed by atoms with Crippen molar-refractivity contribution in [2.45, 2.75) is 45.4 Å². The van der Waals surface area contributed by atoms with Gasteiger partial charge in [-0.2, -0.15) is 0 Å². The molecule has 0 heterocycles. The zero-order valence-electron chi connectivity index (χ0n) is 14.2. The Morgan fingerprint density at radius 3 is 2.50 bits per heavy atom. The maximum Gasteiger partial charge on any atom is 0.407 e. The van der Waals surface area contributed by atoms with E-state index < -0.39 is 0 Å². The average molecular weight is 324 g/mol. The smallest absolute Gasteiger partial charge is 0.407 e. The van der Waals surface area contributed by atoms with E-state index in [-0.39, 0.29) is 12.1 Å². The Morgan fingerprint density at radius 2 is 1.79 bits per heavy atom. The first kappa shape index (κ1) is 16.4. The van der Waals surface area contributed by atoms with Gasteiger partial charge in [-0.15, -0.1) is 0 Å². The molecule has 1 aliphatic rings. The predicted octanol–water partition coefficient (Wildman–Crippen LogP) is 4.17. The summed E-state index contributed by atoms with van der Waals surface area (Å²) in [4.78, 5) is 11.8. The quantitative estimate of drug-likeness (QED) is 0.868. The number of alkyl carbamates (subject to hydrolysis) is 1. The lowest BCUT2D eigenvalue weighted by Crippen LogP contribution is -2.49. The third kappa shape index (κ3) is 4.28. The minimum Gasteiger partial charge on any atom is -0.445 e. The standard InChI is InChI=1S/C20H24N2O2/c1-14-8-9-17(10-15(14)2)21-18-11-19(12-18)22-20(23)24-13-16-6-4-3-5-7-16/h3-10,18-19,21H,11-13H2,1-2H3,(H,22,23). The molecule has 4 nitrogen and oxygen atoms in total. The highest BCUT2D eigenvalue weighted by Crippen LogP contribution is 2.25. The summed E-state index contributed by atoms with van der Waals surface area (Å²) in [6.07, 6.45) is 1.51. The normalized spacial score (nSPS) is 19.2. The van der Waals surface area contributed by atoms with Gasteiger partial charge in [0.15, 0.2) is 0 Å². The van der Waals surface area contributed by atoms with Gasteiger partial charge >= 0.3 is 6.09 Å². The van der Waals surface area contributed by atoms with Crippen molar-refractivity contribution in [3.8, 4) is 0 Å². The number of amides is 1. The van der Waals surface area contributed by atoms with Gasteiger partial charge in [0.05, 0.1) is 0 Å². The summed E-state index contributed by atoms with van der Waals surface area (Å²) in [7, 11) is 0. The van der Waals surface area contributed by atoms with E-state index in [1.54, 1.807) is 0 Å². The molecule has 0 saturated heterocycles. The Labute approximate surface area is 143 Å². The Kier molecular flexibility index (Phi) is 5.04. The van der Waals surface area contributed by atoms with E-state index in [1.807, 2.05) is 30.3 Å². The molecule has 4 heteroatoms. The molecule has 0 radical (unpaired) electrons. The molecule has 3 rings (SSSR count). The third-order valence-electron chi connectivity index (χ3n) is 4.55. The highest BCUT2D eigenvalue weighted by molar-refractivity contribution is 5.67. The number of hydrogen-bond acceptors (Lipinski definition) is 3. The minimum absolute atomic E-state index is 0.192. The van der Waals surface area contributed by atoms with Gasteiger partial charge < -0.3 is 15.4 Å². The summed E-state index contributed by atoms with van der Waals surface area (Å²) in [5.74, 6) is 0. The molecule has 2 N–H and O–H groups in total. The molecule has 1 saturated carbocycles. The Hall–Kier alpha value is -2.49. The second kappa shape index (κ2) is 7.39. The molecule has 2 aromatic carbocycles. The number of hydrogen-bond donors (Lipinski definition) is 2. The summed E-state index contributed by atoms with van der Waals surface area (Å²) in [5, 5.41) is 6.44. The van der Waals surface area contributed by atoms with E-state index in [0.717, 1.165) is 24.1 Å². The van der Waals surface area contributed by atoms with Crippen LogP contribution in [0, 0.1) is 13.8 Å². The molecular weight excluding hydrogens is 300 g/mol. The maximum absolute atomic E-state index is 11.8. The predicted molar refractivity (Wildman–Crippen MR) is 96.1 cm³/mol. The van der Waals surface area contributed by atoms with Gasteiger partial charge in [-0.25, -0.2) is 4.79 Å². The molecular formula is C20H24N2O2. The molecule has 0 atom stereocenters. The monoisotopic (exact) mass is 324 g/mol. The molecule has 0 unspecified atom stereocenters.